The lowest BCUT2D eigenvalue weighted by Crippen LogP contribution is -2.17. The summed E-state index contributed by atoms with van der Waals surface area (Å²) in [6, 6.07) is 4.85. The van der Waals surface area contributed by atoms with Gasteiger partial charge in [-0.15, -0.1) is 0 Å². The fourth-order valence-electron chi connectivity index (χ4n) is 3.03. The lowest BCUT2D eigenvalue weighted by molar-refractivity contribution is -0.0298. The van der Waals surface area contributed by atoms with Gasteiger partial charge in [0.2, 0.25) is 0 Å². The number of para-hydroxylation sites is 1. The molecule has 4 rings (SSSR count). The van der Waals surface area contributed by atoms with Gasteiger partial charge >= 0.3 is 0 Å². The van der Waals surface area contributed by atoms with Crippen molar-refractivity contribution in [3.05, 3.63) is 36.4 Å². The third kappa shape index (κ3) is 2.96. The molecule has 0 aliphatic carbocycles. The lowest BCUT2D eigenvalue weighted by Gasteiger charge is -2.23. The van der Waals surface area contributed by atoms with E-state index in [1.165, 1.54) is 12.4 Å². The molecule has 1 aliphatic heterocycles. The summed E-state index contributed by atoms with van der Waals surface area (Å²) in [4.78, 5) is 13.0. The third-order valence-corrected chi connectivity index (χ3v) is 4.37. The van der Waals surface area contributed by atoms with Crippen molar-refractivity contribution in [2.24, 2.45) is 0 Å². The highest BCUT2D eigenvalue weighted by molar-refractivity contribution is 5.82. The Morgan fingerprint density at radius 1 is 1.20 bits per heavy atom. The van der Waals surface area contributed by atoms with Crippen molar-refractivity contribution in [3.63, 3.8) is 0 Å². The van der Waals surface area contributed by atoms with Crippen molar-refractivity contribution in [2.45, 2.75) is 32.0 Å². The van der Waals surface area contributed by atoms with Crippen molar-refractivity contribution in [1.29, 1.82) is 0 Å². The zero-order chi connectivity index (χ0) is 17.2. The summed E-state index contributed by atoms with van der Waals surface area (Å²) < 4.78 is 7.75. The van der Waals surface area contributed by atoms with E-state index >= 15 is 0 Å². The molecule has 0 bridgehead atoms. The van der Waals surface area contributed by atoms with E-state index in [2.05, 4.69) is 20.3 Å². The average Bonchev–Trinajstić information content (AvgIpc) is 3.08. The Balaban J connectivity index is 1.60. The zero-order valence-corrected chi connectivity index (χ0v) is 13.6. The first-order valence-electron chi connectivity index (χ1n) is 8.27. The van der Waals surface area contributed by atoms with Crippen LogP contribution >= 0.6 is 0 Å². The van der Waals surface area contributed by atoms with E-state index in [1.807, 2.05) is 4.57 Å². The van der Waals surface area contributed by atoms with Crippen LogP contribution in [0.1, 0.15) is 31.1 Å². The number of hydrogen-bond donors (Lipinski definition) is 3. The van der Waals surface area contributed by atoms with Crippen molar-refractivity contribution < 1.29 is 14.9 Å². The first kappa shape index (κ1) is 15.6. The van der Waals surface area contributed by atoms with E-state index in [1.54, 1.807) is 18.5 Å². The minimum Gasteiger partial charge on any atom is -0.504 e. The van der Waals surface area contributed by atoms with E-state index in [0.717, 1.165) is 25.9 Å². The van der Waals surface area contributed by atoms with E-state index in [0.29, 0.717) is 29.1 Å². The molecule has 1 aliphatic rings. The molecule has 1 fully saturated rings. The quantitative estimate of drug-likeness (QED) is 0.626. The summed E-state index contributed by atoms with van der Waals surface area (Å²) in [6.07, 6.45) is 6.31. The first-order chi connectivity index (χ1) is 12.2. The molecule has 8 nitrogen and oxygen atoms in total. The van der Waals surface area contributed by atoms with Crippen LogP contribution in [0.5, 0.6) is 11.5 Å². The van der Waals surface area contributed by atoms with Crippen molar-refractivity contribution >= 4 is 17.0 Å². The number of rotatable bonds is 4. The van der Waals surface area contributed by atoms with Gasteiger partial charge in [-0.05, 0) is 25.3 Å². The smallest absolute Gasteiger partial charge is 0.167 e. The number of phenols is 2. The van der Waals surface area contributed by atoms with E-state index < -0.39 is 0 Å². The van der Waals surface area contributed by atoms with Crippen LogP contribution in [-0.4, -0.2) is 36.3 Å². The second-order valence-electron chi connectivity index (χ2n) is 6.01. The monoisotopic (exact) mass is 341 g/mol. The Morgan fingerprint density at radius 2 is 2.12 bits per heavy atom. The summed E-state index contributed by atoms with van der Waals surface area (Å²) in [7, 11) is 0. The SMILES string of the molecule is Oc1cccc(CNc2ncnc3c2ncn3C2CCCCO2)c1O. The van der Waals surface area contributed by atoms with E-state index in [-0.39, 0.29) is 17.7 Å². The fraction of sp³-hybridized carbons (Fsp3) is 0.353. The van der Waals surface area contributed by atoms with E-state index in [4.69, 9.17) is 4.74 Å². The Kier molecular flexibility index (Phi) is 4.10. The Labute approximate surface area is 144 Å². The van der Waals surface area contributed by atoms with Gasteiger partial charge in [-0.1, -0.05) is 12.1 Å². The number of benzene rings is 1. The summed E-state index contributed by atoms with van der Waals surface area (Å²) in [6.45, 7) is 1.05. The van der Waals surface area contributed by atoms with Crippen LogP contribution in [0.15, 0.2) is 30.9 Å². The minimum absolute atomic E-state index is 0.0448. The molecule has 2 aromatic heterocycles. The number of nitrogens with zero attached hydrogens (tertiary/aromatic N) is 4. The van der Waals surface area contributed by atoms with Crippen LogP contribution < -0.4 is 5.32 Å². The highest BCUT2D eigenvalue weighted by atomic mass is 16.5. The van der Waals surface area contributed by atoms with Gasteiger partial charge in [0.05, 0.1) is 6.33 Å². The van der Waals surface area contributed by atoms with Crippen LogP contribution in [0.3, 0.4) is 0 Å². The van der Waals surface area contributed by atoms with Gasteiger partial charge in [-0.2, -0.15) is 0 Å². The largest absolute Gasteiger partial charge is 0.504 e. The minimum atomic E-state index is -0.147. The number of aromatic hydroxyl groups is 2. The second-order valence-corrected chi connectivity index (χ2v) is 6.01. The molecule has 0 spiro atoms. The molecule has 8 heteroatoms. The number of aromatic nitrogens is 4. The average molecular weight is 341 g/mol. The summed E-state index contributed by atoms with van der Waals surface area (Å²) in [5.74, 6) is 0.287. The summed E-state index contributed by atoms with van der Waals surface area (Å²) >= 11 is 0. The van der Waals surface area contributed by atoms with Crippen molar-refractivity contribution in [3.8, 4) is 11.5 Å². The molecule has 1 aromatic carbocycles. The molecular formula is C17H19N5O3. The molecule has 1 unspecified atom stereocenters. The first-order valence-corrected chi connectivity index (χ1v) is 8.27. The molecule has 3 N–H and O–H groups in total. The van der Waals surface area contributed by atoms with Crippen LogP contribution in [-0.2, 0) is 11.3 Å². The second kappa shape index (κ2) is 6.56. The number of imidazole rings is 1. The van der Waals surface area contributed by atoms with Gasteiger partial charge in [0.15, 0.2) is 28.5 Å². The van der Waals surface area contributed by atoms with Crippen LogP contribution in [0.4, 0.5) is 5.82 Å². The molecule has 1 atom stereocenters. The number of fused-ring (bicyclic) bond motifs is 1. The number of ether oxygens (including phenoxy) is 1. The number of nitrogens with one attached hydrogen (secondary N) is 1. The molecular weight excluding hydrogens is 322 g/mol. The summed E-state index contributed by atoms with van der Waals surface area (Å²) in [5.41, 5.74) is 1.93. The number of anilines is 1. The standard InChI is InChI=1S/C17H19N5O3/c23-12-5-3-4-11(15(12)24)8-18-16-14-17(20-9-19-16)22(10-21-14)13-6-1-2-7-25-13/h3-5,9-10,13,23-24H,1-2,6-8H2,(H,18,19,20). The maximum Gasteiger partial charge on any atom is 0.167 e. The topological polar surface area (TPSA) is 105 Å². The Morgan fingerprint density at radius 3 is 2.96 bits per heavy atom. The Bertz CT molecular complexity index is 889. The Hall–Kier alpha value is -2.87. The molecule has 0 amide bonds. The van der Waals surface area contributed by atoms with Crippen molar-refractivity contribution in [2.75, 3.05) is 11.9 Å². The lowest BCUT2D eigenvalue weighted by atomic mass is 10.2. The van der Waals surface area contributed by atoms with Gasteiger partial charge in [0.1, 0.15) is 12.6 Å². The summed E-state index contributed by atoms with van der Waals surface area (Å²) in [5, 5.41) is 22.6. The van der Waals surface area contributed by atoms with Gasteiger partial charge in [0, 0.05) is 18.7 Å². The predicted octanol–water partition coefficient (Wildman–Crippen LogP) is 2.55. The molecule has 3 heterocycles. The van der Waals surface area contributed by atoms with Crippen LogP contribution in [0.25, 0.3) is 11.2 Å². The van der Waals surface area contributed by atoms with E-state index in [9.17, 15) is 10.2 Å². The molecule has 25 heavy (non-hydrogen) atoms. The molecule has 130 valence electrons. The fourth-order valence-corrected chi connectivity index (χ4v) is 3.03. The predicted molar refractivity (Wildman–Crippen MR) is 91.3 cm³/mol. The highest BCUT2D eigenvalue weighted by Gasteiger charge is 2.20. The molecule has 3 aromatic rings. The van der Waals surface area contributed by atoms with Crippen LogP contribution in [0.2, 0.25) is 0 Å². The zero-order valence-electron chi connectivity index (χ0n) is 13.6. The highest BCUT2D eigenvalue weighted by Crippen LogP contribution is 2.30. The van der Waals surface area contributed by atoms with Crippen LogP contribution in [0, 0.1) is 0 Å². The number of phenolic OH excluding ortho intramolecular Hbond substituents is 2. The van der Waals surface area contributed by atoms with Gasteiger partial charge in [-0.25, -0.2) is 15.0 Å². The maximum absolute atomic E-state index is 9.90. The molecule has 1 saturated heterocycles. The number of hydrogen-bond acceptors (Lipinski definition) is 7. The molecule has 0 saturated carbocycles. The normalized spacial score (nSPS) is 17.7. The van der Waals surface area contributed by atoms with Gasteiger partial charge in [0.25, 0.3) is 0 Å². The molecule has 0 radical (unpaired) electrons. The maximum atomic E-state index is 9.90. The van der Waals surface area contributed by atoms with Gasteiger partial charge in [-0.3, -0.25) is 4.57 Å². The van der Waals surface area contributed by atoms with Crippen molar-refractivity contribution in [1.82, 2.24) is 19.5 Å². The third-order valence-electron chi connectivity index (χ3n) is 4.37. The van der Waals surface area contributed by atoms with Gasteiger partial charge < -0.3 is 20.3 Å².